The minimum absolute atomic E-state index is 0.0221. The minimum atomic E-state index is -0.769. The van der Waals surface area contributed by atoms with Crippen LogP contribution in [0.3, 0.4) is 0 Å². The van der Waals surface area contributed by atoms with E-state index in [2.05, 4.69) is 5.32 Å². The van der Waals surface area contributed by atoms with Gasteiger partial charge in [0.15, 0.2) is 0 Å². The molecule has 0 aromatic heterocycles. The number of carboxylic acids is 1. The maximum atomic E-state index is 11.8. The highest BCUT2D eigenvalue weighted by Gasteiger charge is 2.20. The van der Waals surface area contributed by atoms with E-state index in [1.54, 1.807) is 0 Å². The van der Waals surface area contributed by atoms with Gasteiger partial charge in [0.05, 0.1) is 0 Å². The van der Waals surface area contributed by atoms with Gasteiger partial charge in [0, 0.05) is 17.5 Å². The van der Waals surface area contributed by atoms with Crippen molar-refractivity contribution in [2.24, 2.45) is 5.41 Å². The maximum Gasteiger partial charge on any atom is 0.303 e. The average Bonchev–Trinajstić information content (AvgIpc) is 2.29. The van der Waals surface area contributed by atoms with E-state index in [0.717, 1.165) is 17.7 Å². The number of nitrogens with one attached hydrogen (secondary N) is 1. The summed E-state index contributed by atoms with van der Waals surface area (Å²) in [5, 5.41) is 11.4. The number of anilines is 1. The number of hydrogen-bond donors (Lipinski definition) is 2. The van der Waals surface area contributed by atoms with E-state index in [1.807, 2.05) is 45.0 Å². The van der Waals surface area contributed by atoms with Gasteiger partial charge in [-0.3, -0.25) is 9.59 Å². The predicted octanol–water partition coefficient (Wildman–Crippen LogP) is 3.08. The lowest BCUT2D eigenvalue weighted by Crippen LogP contribution is -2.27. The number of aliphatic carboxylic acids is 1. The second-order valence-electron chi connectivity index (χ2n) is 5.65. The molecule has 0 bridgehead atoms. The van der Waals surface area contributed by atoms with Crippen LogP contribution in [0.4, 0.5) is 5.69 Å². The Hall–Kier alpha value is -1.84. The van der Waals surface area contributed by atoms with Crippen LogP contribution in [0.25, 0.3) is 0 Å². The molecule has 1 rings (SSSR count). The molecule has 4 nitrogen and oxygen atoms in total. The summed E-state index contributed by atoms with van der Waals surface area (Å²) in [4.78, 5) is 22.2. The summed E-state index contributed by atoms with van der Waals surface area (Å²) in [6, 6.07) is 7.53. The Labute approximate surface area is 113 Å². The highest BCUT2D eigenvalue weighted by molar-refractivity contribution is 5.94. The molecule has 0 heterocycles. The monoisotopic (exact) mass is 263 g/mol. The molecule has 1 aromatic carbocycles. The van der Waals surface area contributed by atoms with E-state index < -0.39 is 11.4 Å². The standard InChI is InChI=1S/C15H21NO3/c1-15(2,3)14(19)16-12-9-7-11(8-10-12)5-4-6-13(17)18/h7-10H,4-6H2,1-3H3,(H,16,19)(H,17,18). The second kappa shape index (κ2) is 6.36. The van der Waals surface area contributed by atoms with Crippen LogP contribution in [-0.2, 0) is 16.0 Å². The van der Waals surface area contributed by atoms with Gasteiger partial charge in [0.2, 0.25) is 5.91 Å². The van der Waals surface area contributed by atoms with Gasteiger partial charge in [0.25, 0.3) is 0 Å². The molecule has 2 N–H and O–H groups in total. The third-order valence-corrected chi connectivity index (χ3v) is 2.75. The second-order valence-corrected chi connectivity index (χ2v) is 5.65. The smallest absolute Gasteiger partial charge is 0.303 e. The summed E-state index contributed by atoms with van der Waals surface area (Å²) < 4.78 is 0. The Kier molecular flexibility index (Phi) is 5.10. The number of carbonyl (C=O) groups is 2. The maximum absolute atomic E-state index is 11.8. The molecule has 1 aromatic rings. The number of amides is 1. The zero-order valence-electron chi connectivity index (χ0n) is 11.7. The van der Waals surface area contributed by atoms with Gasteiger partial charge < -0.3 is 10.4 Å². The molecule has 0 saturated carbocycles. The topological polar surface area (TPSA) is 66.4 Å². The van der Waals surface area contributed by atoms with Gasteiger partial charge in [-0.1, -0.05) is 32.9 Å². The molecule has 104 valence electrons. The van der Waals surface area contributed by atoms with Gasteiger partial charge in [-0.2, -0.15) is 0 Å². The molecule has 4 heteroatoms. The molecule has 0 radical (unpaired) electrons. The molecule has 1 amide bonds. The summed E-state index contributed by atoms with van der Waals surface area (Å²) >= 11 is 0. The van der Waals surface area contributed by atoms with Crippen LogP contribution in [0.15, 0.2) is 24.3 Å². The molecule has 0 aliphatic carbocycles. The van der Waals surface area contributed by atoms with Crippen molar-refractivity contribution in [3.05, 3.63) is 29.8 Å². The zero-order chi connectivity index (χ0) is 14.5. The summed E-state index contributed by atoms with van der Waals surface area (Å²) in [5.41, 5.74) is 1.43. The third-order valence-electron chi connectivity index (χ3n) is 2.75. The Morgan fingerprint density at radius 1 is 1.16 bits per heavy atom. The van der Waals surface area contributed by atoms with Crippen molar-refractivity contribution >= 4 is 17.6 Å². The van der Waals surface area contributed by atoms with Crippen molar-refractivity contribution in [3.63, 3.8) is 0 Å². The van der Waals surface area contributed by atoms with Crippen LogP contribution in [0.1, 0.15) is 39.2 Å². The molecule has 0 saturated heterocycles. The fourth-order valence-corrected chi connectivity index (χ4v) is 1.52. The molecule has 0 aliphatic rings. The Morgan fingerprint density at radius 2 is 1.74 bits per heavy atom. The fourth-order valence-electron chi connectivity index (χ4n) is 1.52. The average molecular weight is 263 g/mol. The number of carboxylic acid groups (broad SMARTS) is 1. The van der Waals surface area contributed by atoms with Crippen molar-refractivity contribution in [1.29, 1.82) is 0 Å². The molecule has 0 unspecified atom stereocenters. The summed E-state index contributed by atoms with van der Waals surface area (Å²) in [6.07, 6.45) is 1.55. The Bertz CT molecular complexity index is 443. The van der Waals surface area contributed by atoms with Crippen molar-refractivity contribution < 1.29 is 14.7 Å². The molecule has 19 heavy (non-hydrogen) atoms. The van der Waals surface area contributed by atoms with Gasteiger partial charge in [-0.05, 0) is 30.5 Å². The first-order valence-corrected chi connectivity index (χ1v) is 6.41. The highest BCUT2D eigenvalue weighted by Crippen LogP contribution is 2.18. The molecular formula is C15H21NO3. The molecule has 0 atom stereocenters. The van der Waals surface area contributed by atoms with E-state index >= 15 is 0 Å². The fraction of sp³-hybridized carbons (Fsp3) is 0.467. The quantitative estimate of drug-likeness (QED) is 0.858. The van der Waals surface area contributed by atoms with Crippen LogP contribution in [-0.4, -0.2) is 17.0 Å². The first-order valence-electron chi connectivity index (χ1n) is 6.41. The first kappa shape index (κ1) is 15.2. The highest BCUT2D eigenvalue weighted by atomic mass is 16.4. The molecule has 0 aliphatic heterocycles. The Balaban J connectivity index is 2.52. The van der Waals surface area contributed by atoms with Crippen LogP contribution in [0.2, 0.25) is 0 Å². The largest absolute Gasteiger partial charge is 0.481 e. The third kappa shape index (κ3) is 5.55. The Morgan fingerprint density at radius 3 is 2.21 bits per heavy atom. The number of carbonyl (C=O) groups excluding carboxylic acids is 1. The lowest BCUT2D eigenvalue weighted by Gasteiger charge is -2.17. The minimum Gasteiger partial charge on any atom is -0.481 e. The van der Waals surface area contributed by atoms with Gasteiger partial charge in [0.1, 0.15) is 0 Å². The van der Waals surface area contributed by atoms with Gasteiger partial charge in [-0.25, -0.2) is 0 Å². The van der Waals surface area contributed by atoms with E-state index in [4.69, 9.17) is 5.11 Å². The number of hydrogen-bond acceptors (Lipinski definition) is 2. The lowest BCUT2D eigenvalue weighted by atomic mass is 9.95. The molecule has 0 fully saturated rings. The van der Waals surface area contributed by atoms with Crippen LogP contribution in [0.5, 0.6) is 0 Å². The zero-order valence-corrected chi connectivity index (χ0v) is 11.7. The van der Waals surface area contributed by atoms with Crippen molar-refractivity contribution in [1.82, 2.24) is 0 Å². The van der Waals surface area contributed by atoms with Gasteiger partial charge >= 0.3 is 5.97 Å². The van der Waals surface area contributed by atoms with Crippen LogP contribution < -0.4 is 5.32 Å². The predicted molar refractivity (Wildman–Crippen MR) is 75.1 cm³/mol. The van der Waals surface area contributed by atoms with Crippen molar-refractivity contribution in [2.45, 2.75) is 40.0 Å². The summed E-state index contributed by atoms with van der Waals surface area (Å²) in [6.45, 7) is 5.59. The van der Waals surface area contributed by atoms with E-state index in [0.29, 0.717) is 6.42 Å². The van der Waals surface area contributed by atoms with Crippen molar-refractivity contribution in [2.75, 3.05) is 5.32 Å². The SMILES string of the molecule is CC(C)(C)C(=O)Nc1ccc(CCCC(=O)O)cc1. The molecular weight excluding hydrogens is 242 g/mol. The first-order chi connectivity index (χ1) is 8.79. The number of benzene rings is 1. The van der Waals surface area contributed by atoms with Crippen LogP contribution >= 0.6 is 0 Å². The van der Waals surface area contributed by atoms with Gasteiger partial charge in [-0.15, -0.1) is 0 Å². The number of aryl methyl sites for hydroxylation is 1. The molecule has 0 spiro atoms. The van der Waals surface area contributed by atoms with E-state index in [-0.39, 0.29) is 12.3 Å². The van der Waals surface area contributed by atoms with E-state index in [1.165, 1.54) is 0 Å². The normalized spacial score (nSPS) is 11.1. The number of rotatable bonds is 5. The lowest BCUT2D eigenvalue weighted by molar-refractivity contribution is -0.137. The van der Waals surface area contributed by atoms with Crippen molar-refractivity contribution in [3.8, 4) is 0 Å². The van der Waals surface area contributed by atoms with Crippen LogP contribution in [0, 0.1) is 5.41 Å². The van der Waals surface area contributed by atoms with E-state index in [9.17, 15) is 9.59 Å². The summed E-state index contributed by atoms with van der Waals surface area (Å²) in [7, 11) is 0. The summed E-state index contributed by atoms with van der Waals surface area (Å²) in [5.74, 6) is -0.791.